The summed E-state index contributed by atoms with van der Waals surface area (Å²) >= 11 is 0. The van der Waals surface area contributed by atoms with E-state index in [0.717, 1.165) is 0 Å². The van der Waals surface area contributed by atoms with Gasteiger partial charge in [0.25, 0.3) is 0 Å². The highest BCUT2D eigenvalue weighted by Crippen LogP contribution is 2.07. The Kier molecular flexibility index (Phi) is 1.68. The van der Waals surface area contributed by atoms with Gasteiger partial charge in [-0.3, -0.25) is 4.79 Å². The third-order valence-electron chi connectivity index (χ3n) is 0.868. The van der Waals surface area contributed by atoms with E-state index < -0.39 is 11.8 Å². The molecule has 1 heterocycles. The SMILES string of the molecule is O=C(O)C=C1OOCC1=O. The first kappa shape index (κ1) is 6.76. The molecule has 1 rings (SSSR count). The number of aliphatic carboxylic acids is 1. The van der Waals surface area contributed by atoms with Gasteiger partial charge >= 0.3 is 5.97 Å². The predicted molar refractivity (Wildman–Crippen MR) is 27.8 cm³/mol. The van der Waals surface area contributed by atoms with Gasteiger partial charge in [-0.05, 0) is 0 Å². The predicted octanol–water partition coefficient (Wildman–Crippen LogP) is -0.514. The van der Waals surface area contributed by atoms with Crippen LogP contribution in [0.15, 0.2) is 11.8 Å². The fourth-order valence-corrected chi connectivity index (χ4v) is 0.481. The van der Waals surface area contributed by atoms with Gasteiger partial charge in [0.2, 0.25) is 11.5 Å². The highest BCUT2D eigenvalue weighted by atomic mass is 17.2. The minimum absolute atomic E-state index is 0.209. The molecular formula is C5H4O5. The summed E-state index contributed by atoms with van der Waals surface area (Å²) in [5, 5.41) is 8.13. The maximum atomic E-state index is 10.5. The van der Waals surface area contributed by atoms with Gasteiger partial charge in [-0.25, -0.2) is 4.79 Å². The fourth-order valence-electron chi connectivity index (χ4n) is 0.481. The van der Waals surface area contributed by atoms with Crippen molar-refractivity contribution in [2.24, 2.45) is 0 Å². The third kappa shape index (κ3) is 1.32. The van der Waals surface area contributed by atoms with Crippen molar-refractivity contribution in [3.05, 3.63) is 11.8 Å². The number of hydrogen-bond donors (Lipinski definition) is 1. The molecule has 54 valence electrons. The summed E-state index contributed by atoms with van der Waals surface area (Å²) in [5.41, 5.74) is 0. The normalized spacial score (nSPS) is 21.2. The van der Waals surface area contributed by atoms with E-state index in [1.807, 2.05) is 0 Å². The lowest BCUT2D eigenvalue weighted by atomic mass is 10.3. The lowest BCUT2D eigenvalue weighted by Crippen LogP contribution is -2.00. The quantitative estimate of drug-likeness (QED) is 0.396. The van der Waals surface area contributed by atoms with Crippen LogP contribution in [0.3, 0.4) is 0 Å². The molecule has 0 spiro atoms. The molecule has 0 amide bonds. The number of carbonyl (C=O) groups is 2. The highest BCUT2D eigenvalue weighted by molar-refractivity contribution is 6.00. The molecule has 1 aliphatic rings. The standard InChI is InChI=1S/C5H4O5/c6-3-2-9-10-4(3)1-5(7)8/h1H,2H2,(H,7,8). The zero-order valence-corrected chi connectivity index (χ0v) is 4.86. The van der Waals surface area contributed by atoms with Crippen molar-refractivity contribution >= 4 is 11.8 Å². The Morgan fingerprint density at radius 3 is 2.80 bits per heavy atom. The molecule has 0 aromatic heterocycles. The summed E-state index contributed by atoms with van der Waals surface area (Å²) in [4.78, 5) is 28.9. The van der Waals surface area contributed by atoms with Gasteiger partial charge in [-0.15, -0.1) is 0 Å². The van der Waals surface area contributed by atoms with E-state index in [-0.39, 0.29) is 12.4 Å². The molecule has 1 fully saturated rings. The van der Waals surface area contributed by atoms with E-state index in [1.165, 1.54) is 0 Å². The molecule has 1 aliphatic heterocycles. The summed E-state index contributed by atoms with van der Waals surface area (Å²) in [6.45, 7) is -0.209. The molecule has 5 nitrogen and oxygen atoms in total. The summed E-state index contributed by atoms with van der Waals surface area (Å²) < 4.78 is 0. The number of Topliss-reactive ketones (excluding diaryl/α,β-unsaturated/α-hetero) is 1. The average molecular weight is 144 g/mol. The van der Waals surface area contributed by atoms with Crippen LogP contribution in [0.2, 0.25) is 0 Å². The third-order valence-corrected chi connectivity index (χ3v) is 0.868. The molecule has 0 saturated carbocycles. The number of carboxylic acid groups (broad SMARTS) is 1. The number of rotatable bonds is 1. The molecule has 0 aromatic rings. The highest BCUT2D eigenvalue weighted by Gasteiger charge is 2.21. The van der Waals surface area contributed by atoms with Gasteiger partial charge in [0.15, 0.2) is 6.61 Å². The second kappa shape index (κ2) is 2.49. The minimum atomic E-state index is -1.23. The van der Waals surface area contributed by atoms with Crippen LogP contribution in [0.4, 0.5) is 0 Å². The van der Waals surface area contributed by atoms with E-state index in [4.69, 9.17) is 5.11 Å². The van der Waals surface area contributed by atoms with E-state index in [2.05, 4.69) is 9.78 Å². The van der Waals surface area contributed by atoms with Crippen molar-refractivity contribution in [2.75, 3.05) is 6.61 Å². The van der Waals surface area contributed by atoms with Gasteiger partial charge in [0, 0.05) is 0 Å². The van der Waals surface area contributed by atoms with E-state index >= 15 is 0 Å². The molecule has 1 saturated heterocycles. The summed E-state index contributed by atoms with van der Waals surface area (Å²) in [6.07, 6.45) is 0.662. The van der Waals surface area contributed by atoms with Crippen LogP contribution in [0.5, 0.6) is 0 Å². The lowest BCUT2D eigenvalue weighted by molar-refractivity contribution is -0.223. The first-order valence-corrected chi connectivity index (χ1v) is 2.47. The minimum Gasteiger partial charge on any atom is -0.478 e. The Hall–Kier alpha value is -1.36. The number of carboxylic acids is 1. The Morgan fingerprint density at radius 1 is 1.70 bits per heavy atom. The first-order chi connectivity index (χ1) is 4.70. The van der Waals surface area contributed by atoms with Gasteiger partial charge in [0.05, 0.1) is 6.08 Å². The lowest BCUT2D eigenvalue weighted by Gasteiger charge is -1.87. The maximum Gasteiger partial charge on any atom is 0.332 e. The van der Waals surface area contributed by atoms with Crippen molar-refractivity contribution < 1.29 is 24.5 Å². The Morgan fingerprint density at radius 2 is 2.40 bits per heavy atom. The summed E-state index contributed by atoms with van der Waals surface area (Å²) in [7, 11) is 0. The molecule has 0 aliphatic carbocycles. The van der Waals surface area contributed by atoms with E-state index in [1.54, 1.807) is 0 Å². The summed E-state index contributed by atoms with van der Waals surface area (Å²) in [6, 6.07) is 0. The fraction of sp³-hybridized carbons (Fsp3) is 0.200. The van der Waals surface area contributed by atoms with E-state index in [0.29, 0.717) is 6.08 Å². The van der Waals surface area contributed by atoms with Crippen LogP contribution in [-0.2, 0) is 19.4 Å². The topological polar surface area (TPSA) is 72.8 Å². The monoisotopic (exact) mass is 144 g/mol. The molecule has 5 heteroatoms. The van der Waals surface area contributed by atoms with Crippen molar-refractivity contribution in [1.82, 2.24) is 0 Å². The molecule has 10 heavy (non-hydrogen) atoms. The zero-order chi connectivity index (χ0) is 7.56. The van der Waals surface area contributed by atoms with Crippen LogP contribution < -0.4 is 0 Å². The van der Waals surface area contributed by atoms with Gasteiger partial charge in [-0.2, -0.15) is 4.89 Å². The maximum absolute atomic E-state index is 10.5. The van der Waals surface area contributed by atoms with Crippen LogP contribution >= 0.6 is 0 Å². The van der Waals surface area contributed by atoms with Crippen molar-refractivity contribution in [2.45, 2.75) is 0 Å². The van der Waals surface area contributed by atoms with Gasteiger partial charge < -0.3 is 9.99 Å². The largest absolute Gasteiger partial charge is 0.478 e. The molecule has 1 N–H and O–H groups in total. The number of ketones is 1. The Bertz CT molecular complexity index is 204. The van der Waals surface area contributed by atoms with Crippen molar-refractivity contribution in [1.29, 1.82) is 0 Å². The molecule has 0 radical (unpaired) electrons. The molecule has 0 unspecified atom stereocenters. The van der Waals surface area contributed by atoms with Crippen LogP contribution in [-0.4, -0.2) is 23.5 Å². The smallest absolute Gasteiger partial charge is 0.332 e. The number of carbonyl (C=O) groups excluding carboxylic acids is 1. The van der Waals surface area contributed by atoms with Crippen LogP contribution in [0.1, 0.15) is 0 Å². The Labute approximate surface area is 55.8 Å². The second-order valence-electron chi connectivity index (χ2n) is 1.62. The molecule has 0 aromatic carbocycles. The van der Waals surface area contributed by atoms with Crippen molar-refractivity contribution in [3.8, 4) is 0 Å². The van der Waals surface area contributed by atoms with Crippen LogP contribution in [0, 0.1) is 0 Å². The van der Waals surface area contributed by atoms with Gasteiger partial charge in [-0.1, -0.05) is 0 Å². The zero-order valence-electron chi connectivity index (χ0n) is 4.86. The summed E-state index contributed by atoms with van der Waals surface area (Å²) in [5.74, 6) is -1.94. The molecule has 0 bridgehead atoms. The van der Waals surface area contributed by atoms with Crippen molar-refractivity contribution in [3.63, 3.8) is 0 Å². The van der Waals surface area contributed by atoms with E-state index in [9.17, 15) is 9.59 Å². The first-order valence-electron chi connectivity index (χ1n) is 2.47. The second-order valence-corrected chi connectivity index (χ2v) is 1.62. The molecular weight excluding hydrogens is 140 g/mol. The number of hydrogen-bond acceptors (Lipinski definition) is 4. The van der Waals surface area contributed by atoms with Crippen LogP contribution in [0.25, 0.3) is 0 Å². The average Bonchev–Trinajstić information content (AvgIpc) is 2.15. The molecule has 0 atom stereocenters. The Balaban J connectivity index is 2.72. The van der Waals surface area contributed by atoms with Gasteiger partial charge in [0.1, 0.15) is 0 Å².